The van der Waals surface area contributed by atoms with E-state index in [9.17, 15) is 14.4 Å². The number of aliphatic imine (C=N–C) groups is 3. The number of methoxy groups -OCH3 is 1. The van der Waals surface area contributed by atoms with Crippen LogP contribution in [0.1, 0.15) is 146 Å². The number of fused-ring (bicyclic) bond motifs is 5. The van der Waals surface area contributed by atoms with E-state index in [0.717, 1.165) is 69.8 Å². The van der Waals surface area contributed by atoms with Crippen LogP contribution in [0.2, 0.25) is 0 Å². The minimum Gasteiger partial charge on any atom is -0.469 e. The summed E-state index contributed by atoms with van der Waals surface area (Å²) in [7, 11) is 1.35. The summed E-state index contributed by atoms with van der Waals surface area (Å²) in [6.07, 6.45) is 27.4. The molecule has 0 aromatic rings. The van der Waals surface area contributed by atoms with Crippen molar-refractivity contribution in [3.8, 4) is 0 Å². The number of nitrogens with zero attached hydrogens (tertiary/aromatic N) is 3. The quantitative estimate of drug-likeness (QED) is 0.0322. The molecule has 0 aromatic heterocycles. The molecule has 73 heavy (non-hydrogen) atoms. The van der Waals surface area contributed by atoms with Crippen molar-refractivity contribution in [2.45, 2.75) is 146 Å². The summed E-state index contributed by atoms with van der Waals surface area (Å²) in [6.45, 7) is 32.5. The number of nitrogens with one attached hydrogen (secondary N) is 3. The zero-order chi connectivity index (χ0) is 52.5. The standard InChI is InChI=1S/C61H84N6O5.Mg/c1-14-30-62-37-49-46(17-4)54-35-52-44(12)58(61(70)63-31-15-2)60(67-52)48(33-57(69)71-13)59-47(43(11)51(66-59)34-50-42(10)45(16-3)53(64-50)36-55(49)65-54)27-28-56(68)72-32-29-41(9)26-20-25-40(8)24-19-23-39(7)22-18-21-38(5)6;/h14-16,29,34-40,43,47,62,66H,1-3,17-28,30-33H2,4-13H3,(H,63,70);/q;+2/b41-29?,49-37+,51-34?,52-35?,53-36?,59-48?;. The van der Waals surface area contributed by atoms with Crippen molar-refractivity contribution in [1.82, 2.24) is 16.0 Å². The van der Waals surface area contributed by atoms with E-state index in [2.05, 4.69) is 84.2 Å². The van der Waals surface area contributed by atoms with Gasteiger partial charge in [-0.25, -0.2) is 15.0 Å². The van der Waals surface area contributed by atoms with Gasteiger partial charge in [-0.1, -0.05) is 117 Å². The third-order valence-corrected chi connectivity index (χ3v) is 14.6. The molecule has 11 nitrogen and oxygen atoms in total. The summed E-state index contributed by atoms with van der Waals surface area (Å²) >= 11 is 0. The number of rotatable bonds is 27. The Bertz CT molecular complexity index is 2500. The van der Waals surface area contributed by atoms with E-state index in [-0.39, 0.29) is 72.8 Å². The first-order chi connectivity index (χ1) is 34.5. The molecule has 5 aliphatic heterocycles. The number of amides is 1. The molecule has 4 atom stereocenters. The maximum atomic E-state index is 14.3. The molecule has 5 aliphatic rings. The van der Waals surface area contributed by atoms with Gasteiger partial charge in [-0.3, -0.25) is 14.4 Å². The molecule has 4 unspecified atom stereocenters. The van der Waals surface area contributed by atoms with E-state index in [1.54, 1.807) is 12.2 Å². The number of carbonyl (C=O) groups is 3. The summed E-state index contributed by atoms with van der Waals surface area (Å²) < 4.78 is 11.2. The SMILES string of the molecule is C=CCN/C=C1/C2=NC(=C1CC)C=C1N=C(C(CC(=O)OC)=C3NC(=CC4=NC(=C2)C(C=C)=C4C)C(C)C3CCC(=O)OCC=C(C)CCCC(C)CCCC(C)CCCC(C)C)C(C(=O)NCC=C)=C1C.[Mg+2]. The second-order valence-electron chi connectivity index (χ2n) is 20.6. The molecule has 1 fully saturated rings. The van der Waals surface area contributed by atoms with Gasteiger partial charge in [0.1, 0.15) is 6.61 Å². The zero-order valence-electron chi connectivity index (χ0n) is 46.0. The molecule has 0 spiro atoms. The molecule has 0 saturated carbocycles. The smallest absolute Gasteiger partial charge is 0.469 e. The van der Waals surface area contributed by atoms with Gasteiger partial charge in [0.25, 0.3) is 5.91 Å². The summed E-state index contributed by atoms with van der Waals surface area (Å²) in [4.78, 5) is 57.0. The average Bonchev–Trinajstić information content (AvgIpc) is 4.04. The van der Waals surface area contributed by atoms with Crippen LogP contribution in [0.3, 0.4) is 0 Å². The summed E-state index contributed by atoms with van der Waals surface area (Å²) in [6, 6.07) is 0. The van der Waals surface area contributed by atoms with Crippen LogP contribution in [0.5, 0.6) is 0 Å². The van der Waals surface area contributed by atoms with Crippen molar-refractivity contribution >= 4 is 58.0 Å². The number of esters is 2. The molecule has 3 N–H and O–H groups in total. The van der Waals surface area contributed by atoms with Crippen molar-refractivity contribution in [1.29, 1.82) is 0 Å². The van der Waals surface area contributed by atoms with Crippen molar-refractivity contribution in [3.05, 3.63) is 142 Å². The molecule has 12 heteroatoms. The molecule has 0 aromatic carbocycles. The normalized spacial score (nSPS) is 19.9. The Kier molecular flexibility index (Phi) is 24.4. The van der Waals surface area contributed by atoms with E-state index in [1.165, 1.54) is 57.6 Å². The van der Waals surface area contributed by atoms with Crippen LogP contribution in [-0.4, -0.2) is 84.8 Å². The summed E-state index contributed by atoms with van der Waals surface area (Å²) in [5.74, 6) is 0.674. The number of hydrogen-bond acceptors (Lipinski definition) is 10. The molecule has 0 radical (unpaired) electrons. The Hall–Kier alpha value is -5.33. The molecule has 8 bridgehead atoms. The first-order valence-corrected chi connectivity index (χ1v) is 26.6. The molecule has 388 valence electrons. The average molecular weight is 1010 g/mol. The van der Waals surface area contributed by atoms with Gasteiger partial charge in [-0.2, -0.15) is 0 Å². The van der Waals surface area contributed by atoms with E-state index in [4.69, 9.17) is 24.5 Å². The van der Waals surface area contributed by atoms with E-state index < -0.39 is 5.97 Å². The van der Waals surface area contributed by atoms with Gasteiger partial charge in [-0.15, -0.1) is 13.2 Å². The predicted molar refractivity (Wildman–Crippen MR) is 303 cm³/mol. The zero-order valence-corrected chi connectivity index (χ0v) is 47.4. The molecule has 0 aliphatic carbocycles. The Labute approximate surface area is 454 Å². The van der Waals surface area contributed by atoms with E-state index in [1.807, 2.05) is 50.4 Å². The monoisotopic (exact) mass is 1000 g/mol. The van der Waals surface area contributed by atoms with Crippen LogP contribution in [0, 0.1) is 29.6 Å². The summed E-state index contributed by atoms with van der Waals surface area (Å²) in [5, 5.41) is 10.0. The Morgan fingerprint density at radius 1 is 0.822 bits per heavy atom. The van der Waals surface area contributed by atoms with Gasteiger partial charge >= 0.3 is 35.0 Å². The van der Waals surface area contributed by atoms with Crippen LogP contribution in [-0.2, 0) is 23.9 Å². The van der Waals surface area contributed by atoms with E-state index >= 15 is 0 Å². The Balaban J connectivity index is 0.0000116. The molecule has 1 amide bonds. The van der Waals surface area contributed by atoms with E-state index in [0.29, 0.717) is 64.8 Å². The predicted octanol–water partition coefficient (Wildman–Crippen LogP) is 12.5. The minimum absolute atomic E-state index is 0. The minimum atomic E-state index is -0.498. The van der Waals surface area contributed by atoms with Gasteiger partial charge < -0.3 is 25.4 Å². The van der Waals surface area contributed by atoms with Crippen molar-refractivity contribution in [2.75, 3.05) is 26.8 Å². The van der Waals surface area contributed by atoms with Crippen molar-refractivity contribution in [2.24, 2.45) is 44.6 Å². The molecule has 5 heterocycles. The van der Waals surface area contributed by atoms with Gasteiger partial charge in [0.05, 0.1) is 53.3 Å². The number of hydrogen-bond donors (Lipinski definition) is 3. The Morgan fingerprint density at radius 2 is 1.51 bits per heavy atom. The number of carbonyl (C=O) groups excluding carboxylic acids is 3. The van der Waals surface area contributed by atoms with Gasteiger partial charge in [0.2, 0.25) is 0 Å². The van der Waals surface area contributed by atoms with Crippen LogP contribution in [0.4, 0.5) is 0 Å². The third kappa shape index (κ3) is 16.3. The van der Waals surface area contributed by atoms with Crippen LogP contribution < -0.4 is 16.0 Å². The molecule has 1 saturated heterocycles. The molecular formula is C61H84MgN6O5+2. The second kappa shape index (κ2) is 29.5. The van der Waals surface area contributed by atoms with Gasteiger partial charge in [-0.05, 0) is 105 Å². The first kappa shape index (κ1) is 60.2. The summed E-state index contributed by atoms with van der Waals surface area (Å²) in [5.41, 5.74) is 11.8. The van der Waals surface area contributed by atoms with Crippen molar-refractivity contribution in [3.63, 3.8) is 0 Å². The van der Waals surface area contributed by atoms with Gasteiger partial charge in [0.15, 0.2) is 0 Å². The maximum absolute atomic E-state index is 14.3. The second-order valence-corrected chi connectivity index (χ2v) is 20.6. The fraction of sp³-hybridized carbons (Fsp3) is 0.508. The van der Waals surface area contributed by atoms with Crippen molar-refractivity contribution < 1.29 is 23.9 Å². The largest absolute Gasteiger partial charge is 2.00 e. The number of ether oxygens (including phenoxy) is 2. The Morgan fingerprint density at radius 3 is 2.15 bits per heavy atom. The van der Waals surface area contributed by atoms with Crippen LogP contribution in [0.25, 0.3) is 0 Å². The molecule has 5 rings (SSSR count). The van der Waals surface area contributed by atoms with Crippen LogP contribution in [0.15, 0.2) is 157 Å². The maximum Gasteiger partial charge on any atom is 2.00 e. The fourth-order valence-corrected chi connectivity index (χ4v) is 10.2. The fourth-order valence-electron chi connectivity index (χ4n) is 10.2. The number of allylic oxidation sites excluding steroid dienone is 11. The first-order valence-electron chi connectivity index (χ1n) is 26.6. The van der Waals surface area contributed by atoms with Gasteiger partial charge in [0, 0.05) is 65.7 Å². The van der Waals surface area contributed by atoms with Crippen LogP contribution >= 0.6 is 0 Å². The molecular weight excluding hydrogens is 921 g/mol. The third-order valence-electron chi connectivity index (χ3n) is 14.6. The topological polar surface area (TPSA) is 143 Å².